The zero-order chi connectivity index (χ0) is 25.7. The van der Waals surface area contributed by atoms with Gasteiger partial charge in [0.2, 0.25) is 0 Å². The second-order valence-electron chi connectivity index (χ2n) is 9.80. The molecule has 1 saturated heterocycles. The van der Waals surface area contributed by atoms with Gasteiger partial charge in [-0.15, -0.1) is 5.10 Å². The molecule has 0 amide bonds. The molecule has 11 heteroatoms. The Labute approximate surface area is 207 Å². The maximum Gasteiger partial charge on any atom is 0.258 e. The van der Waals surface area contributed by atoms with Gasteiger partial charge in [-0.1, -0.05) is 19.1 Å². The van der Waals surface area contributed by atoms with Crippen LogP contribution in [0, 0.1) is 11.6 Å². The van der Waals surface area contributed by atoms with Crippen LogP contribution in [0.25, 0.3) is 11.3 Å². The number of benzene rings is 1. The fraction of sp³-hybridized carbons (Fsp3) is 0.400. The lowest BCUT2D eigenvalue weighted by atomic mass is 9.69. The first-order chi connectivity index (χ1) is 17.0. The highest BCUT2D eigenvalue weighted by atomic mass is 32.2. The molecule has 2 N–H and O–H groups in total. The number of aliphatic hydroxyl groups is 1. The average Bonchev–Trinajstić information content (AvgIpc) is 2.84. The molecular weight excluding hydrogens is 490 g/mol. The van der Waals surface area contributed by atoms with Crippen molar-refractivity contribution in [2.24, 2.45) is 0 Å². The van der Waals surface area contributed by atoms with Crippen molar-refractivity contribution in [2.45, 2.75) is 48.6 Å². The van der Waals surface area contributed by atoms with Crippen molar-refractivity contribution >= 4 is 10.0 Å². The van der Waals surface area contributed by atoms with E-state index in [1.165, 1.54) is 24.3 Å². The summed E-state index contributed by atoms with van der Waals surface area (Å²) in [6.07, 6.45) is 1.36. The molecule has 8 nitrogen and oxygen atoms in total. The highest BCUT2D eigenvalue weighted by molar-refractivity contribution is 7.89. The Kier molecular flexibility index (Phi) is 6.14. The topological polar surface area (TPSA) is 114 Å². The largest absolute Gasteiger partial charge is 0.384 e. The molecule has 1 aromatic carbocycles. The Morgan fingerprint density at radius 2 is 1.83 bits per heavy atom. The Bertz CT molecular complexity index is 1410. The molecule has 0 spiro atoms. The van der Waals surface area contributed by atoms with Crippen molar-refractivity contribution in [1.82, 2.24) is 19.9 Å². The van der Waals surface area contributed by atoms with E-state index in [4.69, 9.17) is 4.74 Å². The van der Waals surface area contributed by atoms with Crippen LogP contribution < -0.4 is 4.72 Å². The molecule has 2 atom stereocenters. The summed E-state index contributed by atoms with van der Waals surface area (Å²) in [4.78, 5) is 4.47. The van der Waals surface area contributed by atoms with Crippen LogP contribution in [0.15, 0.2) is 47.5 Å². The Morgan fingerprint density at radius 3 is 2.50 bits per heavy atom. The zero-order valence-corrected chi connectivity index (χ0v) is 20.6. The minimum Gasteiger partial charge on any atom is -0.384 e. The minimum atomic E-state index is -3.99. The third-order valence-corrected chi connectivity index (χ3v) is 8.37. The molecule has 2 aliphatic rings. The Balaban J connectivity index is 1.52. The van der Waals surface area contributed by atoms with E-state index in [1.54, 1.807) is 18.2 Å². The first-order valence-corrected chi connectivity index (χ1v) is 13.1. The SMILES string of the molecule is C[C@@H]1CC[C@@](C)(c2cccc(S(=O)(=O)NCC3(O)COC3)n2)c2nnc(-c3c(F)cccc3F)cc21. The van der Waals surface area contributed by atoms with Crippen LogP contribution in [0.3, 0.4) is 0 Å². The van der Waals surface area contributed by atoms with Crippen LogP contribution in [0.4, 0.5) is 8.78 Å². The van der Waals surface area contributed by atoms with Gasteiger partial charge in [-0.2, -0.15) is 5.10 Å². The first kappa shape index (κ1) is 24.8. The van der Waals surface area contributed by atoms with Gasteiger partial charge in [-0.05, 0) is 61.6 Å². The average molecular weight is 517 g/mol. The predicted molar refractivity (Wildman–Crippen MR) is 127 cm³/mol. The zero-order valence-electron chi connectivity index (χ0n) is 19.8. The Hall–Kier alpha value is -2.86. The molecule has 36 heavy (non-hydrogen) atoms. The van der Waals surface area contributed by atoms with Crippen molar-refractivity contribution in [2.75, 3.05) is 19.8 Å². The summed E-state index contributed by atoms with van der Waals surface area (Å²) >= 11 is 0. The molecule has 3 aromatic rings. The molecule has 1 aliphatic carbocycles. The first-order valence-electron chi connectivity index (χ1n) is 11.6. The predicted octanol–water partition coefficient (Wildman–Crippen LogP) is 3.06. The Morgan fingerprint density at radius 1 is 1.14 bits per heavy atom. The highest BCUT2D eigenvalue weighted by Crippen LogP contribution is 2.45. The molecule has 1 fully saturated rings. The standard InChI is InChI=1S/C25H26F2N4O4S/c1-15-9-10-24(2,23-16(15)11-19(30-31-23)22-17(26)5-3-6-18(22)27)20-7-4-8-21(29-20)36(33,34)28-12-25(32)13-35-14-25/h3-8,11,15,28,32H,9-10,12-14H2,1-2H3/t15-,24+/m1/s1. The van der Waals surface area contributed by atoms with Crippen molar-refractivity contribution < 1.29 is 27.0 Å². The third kappa shape index (κ3) is 4.30. The summed E-state index contributed by atoms with van der Waals surface area (Å²) < 4.78 is 62.0. The van der Waals surface area contributed by atoms with Gasteiger partial charge in [0.25, 0.3) is 10.0 Å². The van der Waals surface area contributed by atoms with Gasteiger partial charge in [-0.3, -0.25) is 0 Å². The summed E-state index contributed by atoms with van der Waals surface area (Å²) in [7, 11) is -3.99. The van der Waals surface area contributed by atoms with Crippen molar-refractivity contribution in [3.05, 3.63) is 71.1 Å². The molecule has 1 aliphatic heterocycles. The molecule has 0 saturated carbocycles. The number of rotatable bonds is 6. The number of sulfonamides is 1. The van der Waals surface area contributed by atoms with Crippen LogP contribution in [0.5, 0.6) is 0 Å². The number of fused-ring (bicyclic) bond motifs is 1. The van der Waals surface area contributed by atoms with E-state index in [1.807, 2.05) is 13.8 Å². The van der Waals surface area contributed by atoms with Gasteiger partial charge in [0, 0.05) is 6.54 Å². The number of pyridine rings is 1. The molecule has 2 aromatic heterocycles. The summed E-state index contributed by atoms with van der Waals surface area (Å²) in [6, 6.07) is 10.0. The normalized spacial score (nSPS) is 23.1. The number of hydrogen-bond donors (Lipinski definition) is 2. The van der Waals surface area contributed by atoms with E-state index >= 15 is 0 Å². The van der Waals surface area contributed by atoms with Crippen LogP contribution in [-0.2, 0) is 20.2 Å². The van der Waals surface area contributed by atoms with Crippen molar-refractivity contribution in [3.8, 4) is 11.3 Å². The fourth-order valence-electron chi connectivity index (χ4n) is 4.72. The summed E-state index contributed by atoms with van der Waals surface area (Å²) in [5, 5.41) is 18.5. The van der Waals surface area contributed by atoms with Crippen LogP contribution in [-0.4, -0.2) is 54.1 Å². The van der Waals surface area contributed by atoms with E-state index in [0.717, 1.165) is 12.0 Å². The maximum absolute atomic E-state index is 14.4. The summed E-state index contributed by atoms with van der Waals surface area (Å²) in [6.45, 7) is 3.87. The van der Waals surface area contributed by atoms with Crippen molar-refractivity contribution in [1.29, 1.82) is 0 Å². The second-order valence-corrected chi connectivity index (χ2v) is 11.5. The quantitative estimate of drug-likeness (QED) is 0.518. The number of nitrogens with zero attached hydrogens (tertiary/aromatic N) is 3. The smallest absolute Gasteiger partial charge is 0.258 e. The van der Waals surface area contributed by atoms with E-state index < -0.39 is 32.7 Å². The van der Waals surface area contributed by atoms with Crippen LogP contribution in [0.2, 0.25) is 0 Å². The van der Waals surface area contributed by atoms with E-state index in [9.17, 15) is 22.3 Å². The lowest BCUT2D eigenvalue weighted by Gasteiger charge is -2.37. The highest BCUT2D eigenvalue weighted by Gasteiger charge is 2.41. The van der Waals surface area contributed by atoms with Gasteiger partial charge >= 0.3 is 0 Å². The number of nitrogens with one attached hydrogen (secondary N) is 1. The minimum absolute atomic E-state index is 0.0520. The van der Waals surface area contributed by atoms with Gasteiger partial charge in [0.05, 0.1) is 41.3 Å². The lowest BCUT2D eigenvalue weighted by molar-refractivity contribution is -0.172. The fourth-order valence-corrected chi connectivity index (χ4v) is 5.80. The second kappa shape index (κ2) is 8.91. The van der Waals surface area contributed by atoms with E-state index in [0.29, 0.717) is 17.8 Å². The third-order valence-electron chi connectivity index (χ3n) is 7.07. The molecule has 190 valence electrons. The molecule has 5 rings (SSSR count). The van der Waals surface area contributed by atoms with Gasteiger partial charge in [0.15, 0.2) is 5.03 Å². The molecular formula is C25H26F2N4O4S. The summed E-state index contributed by atoms with van der Waals surface area (Å²) in [5.41, 5.74) is -0.250. The maximum atomic E-state index is 14.4. The van der Waals surface area contributed by atoms with Gasteiger partial charge in [-0.25, -0.2) is 26.9 Å². The molecule has 0 unspecified atom stereocenters. The van der Waals surface area contributed by atoms with Gasteiger partial charge < -0.3 is 9.84 Å². The monoisotopic (exact) mass is 516 g/mol. The number of halogens is 2. The lowest BCUT2D eigenvalue weighted by Crippen LogP contribution is -2.56. The van der Waals surface area contributed by atoms with Crippen LogP contribution >= 0.6 is 0 Å². The van der Waals surface area contributed by atoms with Crippen LogP contribution in [0.1, 0.15) is 49.6 Å². The number of ether oxygens (including phenoxy) is 1. The molecule has 0 radical (unpaired) electrons. The molecule has 0 bridgehead atoms. The number of aromatic nitrogens is 3. The summed E-state index contributed by atoms with van der Waals surface area (Å²) in [5.74, 6) is -1.39. The number of hydrogen-bond acceptors (Lipinski definition) is 7. The molecule has 3 heterocycles. The van der Waals surface area contributed by atoms with Crippen molar-refractivity contribution in [3.63, 3.8) is 0 Å². The van der Waals surface area contributed by atoms with Gasteiger partial charge in [0.1, 0.15) is 17.2 Å². The van der Waals surface area contributed by atoms with E-state index in [2.05, 4.69) is 19.9 Å². The van der Waals surface area contributed by atoms with E-state index in [-0.39, 0.29) is 42.0 Å².